The van der Waals surface area contributed by atoms with E-state index in [1.165, 1.54) is 0 Å². The van der Waals surface area contributed by atoms with E-state index in [2.05, 4.69) is 0 Å². The van der Waals surface area contributed by atoms with Gasteiger partial charge in [-0.25, -0.2) is 9.59 Å². The molecule has 0 saturated carbocycles. The first-order valence-electron chi connectivity index (χ1n) is 8.55. The molecule has 1 aliphatic heterocycles. The molecule has 5 heteroatoms. The third kappa shape index (κ3) is 4.73. The van der Waals surface area contributed by atoms with Crippen LogP contribution in [0.15, 0.2) is 24.3 Å². The Hall–Kier alpha value is -2.04. The van der Waals surface area contributed by atoms with E-state index in [0.717, 1.165) is 18.4 Å². The number of carbonyl (C=O) groups excluding carboxylic acids is 2. The van der Waals surface area contributed by atoms with Crippen LogP contribution in [-0.4, -0.2) is 42.3 Å². The largest absolute Gasteiger partial charge is 0.462 e. The third-order valence-corrected chi connectivity index (χ3v) is 3.97. The summed E-state index contributed by atoms with van der Waals surface area (Å²) in [6.07, 6.45) is 1.54. The number of rotatable bonds is 3. The number of carbonyl (C=O) groups is 2. The highest BCUT2D eigenvalue weighted by molar-refractivity contribution is 5.91. The molecule has 1 atom stereocenters. The van der Waals surface area contributed by atoms with Gasteiger partial charge in [-0.1, -0.05) is 18.2 Å². The van der Waals surface area contributed by atoms with E-state index in [4.69, 9.17) is 9.47 Å². The Morgan fingerprint density at radius 3 is 2.62 bits per heavy atom. The molecule has 1 fully saturated rings. The molecule has 1 aliphatic rings. The van der Waals surface area contributed by atoms with E-state index in [-0.39, 0.29) is 18.0 Å². The van der Waals surface area contributed by atoms with Gasteiger partial charge in [0.1, 0.15) is 5.60 Å². The van der Waals surface area contributed by atoms with Gasteiger partial charge in [0.05, 0.1) is 12.2 Å². The van der Waals surface area contributed by atoms with Crippen molar-refractivity contribution in [2.24, 2.45) is 0 Å². The molecule has 1 aromatic carbocycles. The van der Waals surface area contributed by atoms with Gasteiger partial charge in [-0.3, -0.25) is 0 Å². The van der Waals surface area contributed by atoms with Crippen LogP contribution in [0.3, 0.4) is 0 Å². The Morgan fingerprint density at radius 1 is 1.25 bits per heavy atom. The minimum atomic E-state index is -0.507. The van der Waals surface area contributed by atoms with E-state index in [1.807, 2.05) is 39.0 Å². The Bertz CT molecular complexity index is 591. The molecule has 0 spiro atoms. The van der Waals surface area contributed by atoms with Crippen molar-refractivity contribution in [3.63, 3.8) is 0 Å². The summed E-state index contributed by atoms with van der Waals surface area (Å²) < 4.78 is 10.6. The van der Waals surface area contributed by atoms with Crippen molar-refractivity contribution in [1.29, 1.82) is 0 Å². The quantitative estimate of drug-likeness (QED) is 0.785. The highest BCUT2D eigenvalue weighted by atomic mass is 16.6. The Kier molecular flexibility index (Phi) is 5.86. The first-order valence-corrected chi connectivity index (χ1v) is 8.55. The Morgan fingerprint density at radius 2 is 1.96 bits per heavy atom. The van der Waals surface area contributed by atoms with Crippen LogP contribution in [0.1, 0.15) is 62.4 Å². The van der Waals surface area contributed by atoms with Crippen LogP contribution < -0.4 is 0 Å². The number of benzene rings is 1. The molecule has 2 rings (SSSR count). The van der Waals surface area contributed by atoms with Crippen molar-refractivity contribution in [3.8, 4) is 0 Å². The third-order valence-electron chi connectivity index (χ3n) is 3.97. The predicted octanol–water partition coefficient (Wildman–Crippen LogP) is 3.98. The lowest BCUT2D eigenvalue weighted by molar-refractivity contribution is 0.0198. The van der Waals surface area contributed by atoms with Crippen LogP contribution >= 0.6 is 0 Å². The van der Waals surface area contributed by atoms with E-state index < -0.39 is 5.60 Å². The molecule has 0 aromatic heterocycles. The zero-order valence-electron chi connectivity index (χ0n) is 15.0. The lowest BCUT2D eigenvalue weighted by atomic mass is 9.87. The summed E-state index contributed by atoms with van der Waals surface area (Å²) in [7, 11) is 0. The molecule has 0 radical (unpaired) electrons. The standard InChI is InChI=1S/C19H27NO4/c1-5-23-17(21)16-11-7-6-10-15(16)14-9-8-12-20(13-14)18(22)24-19(2,3)4/h6-7,10-11,14H,5,8-9,12-13H2,1-4H3/t14-/m0/s1. The van der Waals surface area contributed by atoms with Gasteiger partial charge in [0.25, 0.3) is 0 Å². The number of likely N-dealkylation sites (tertiary alicyclic amines) is 1. The first-order chi connectivity index (χ1) is 11.3. The monoisotopic (exact) mass is 333 g/mol. The van der Waals surface area contributed by atoms with Crippen molar-refractivity contribution < 1.29 is 19.1 Å². The SMILES string of the molecule is CCOC(=O)c1ccccc1[C@H]1CCCN(C(=O)OC(C)(C)C)C1. The number of nitrogens with zero attached hydrogens (tertiary/aromatic N) is 1. The highest BCUT2D eigenvalue weighted by Gasteiger charge is 2.30. The molecule has 0 aliphatic carbocycles. The highest BCUT2D eigenvalue weighted by Crippen LogP contribution is 2.30. The topological polar surface area (TPSA) is 55.8 Å². The van der Waals surface area contributed by atoms with Gasteiger partial charge in [-0.05, 0) is 52.2 Å². The van der Waals surface area contributed by atoms with Crippen molar-refractivity contribution in [2.75, 3.05) is 19.7 Å². The maximum Gasteiger partial charge on any atom is 0.410 e. The zero-order chi connectivity index (χ0) is 17.7. The molecular formula is C19H27NO4. The van der Waals surface area contributed by atoms with E-state index in [0.29, 0.717) is 25.3 Å². The second-order valence-electron chi connectivity index (χ2n) is 7.07. The summed E-state index contributed by atoms with van der Waals surface area (Å²) >= 11 is 0. The second kappa shape index (κ2) is 7.69. The number of hydrogen-bond acceptors (Lipinski definition) is 4. The van der Waals surface area contributed by atoms with Gasteiger partial charge in [-0.2, -0.15) is 0 Å². The average Bonchev–Trinajstić information content (AvgIpc) is 2.53. The summed E-state index contributed by atoms with van der Waals surface area (Å²) in [4.78, 5) is 26.2. The molecular weight excluding hydrogens is 306 g/mol. The fraction of sp³-hybridized carbons (Fsp3) is 0.579. The van der Waals surface area contributed by atoms with Crippen LogP contribution in [0.25, 0.3) is 0 Å². The van der Waals surface area contributed by atoms with Crippen LogP contribution in [-0.2, 0) is 9.47 Å². The maximum absolute atomic E-state index is 12.3. The normalized spacial score (nSPS) is 18.2. The minimum Gasteiger partial charge on any atom is -0.462 e. The van der Waals surface area contributed by atoms with Gasteiger partial charge >= 0.3 is 12.1 Å². The summed E-state index contributed by atoms with van der Waals surface area (Å²) in [6.45, 7) is 8.98. The van der Waals surface area contributed by atoms with Gasteiger partial charge < -0.3 is 14.4 Å². The smallest absolute Gasteiger partial charge is 0.410 e. The Balaban J connectivity index is 2.15. The van der Waals surface area contributed by atoms with Gasteiger partial charge in [-0.15, -0.1) is 0 Å². The summed E-state index contributed by atoms with van der Waals surface area (Å²) in [5.74, 6) is -0.186. The molecule has 5 nitrogen and oxygen atoms in total. The summed E-state index contributed by atoms with van der Waals surface area (Å²) in [5.41, 5.74) is 1.03. The molecule has 1 heterocycles. The lowest BCUT2D eigenvalue weighted by Crippen LogP contribution is -2.42. The van der Waals surface area contributed by atoms with Crippen molar-refractivity contribution in [2.45, 2.75) is 52.1 Å². The van der Waals surface area contributed by atoms with Crippen LogP contribution in [0, 0.1) is 0 Å². The molecule has 0 N–H and O–H groups in total. The van der Waals surface area contributed by atoms with Crippen LogP contribution in [0.4, 0.5) is 4.79 Å². The summed E-state index contributed by atoms with van der Waals surface area (Å²) in [5, 5.41) is 0. The minimum absolute atomic E-state index is 0.117. The number of hydrogen-bond donors (Lipinski definition) is 0. The fourth-order valence-electron chi connectivity index (χ4n) is 2.97. The lowest BCUT2D eigenvalue weighted by Gasteiger charge is -2.34. The molecule has 1 saturated heterocycles. The average molecular weight is 333 g/mol. The van der Waals surface area contributed by atoms with Crippen molar-refractivity contribution >= 4 is 12.1 Å². The van der Waals surface area contributed by atoms with Gasteiger partial charge in [0.2, 0.25) is 0 Å². The number of amides is 1. The summed E-state index contributed by atoms with van der Waals surface area (Å²) in [6, 6.07) is 7.50. The first kappa shape index (κ1) is 18.3. The molecule has 1 aromatic rings. The molecule has 1 amide bonds. The van der Waals surface area contributed by atoms with Crippen molar-refractivity contribution in [1.82, 2.24) is 4.90 Å². The predicted molar refractivity (Wildman–Crippen MR) is 92.2 cm³/mol. The van der Waals surface area contributed by atoms with Crippen LogP contribution in [0.2, 0.25) is 0 Å². The fourth-order valence-corrected chi connectivity index (χ4v) is 2.97. The Labute approximate surface area is 143 Å². The number of esters is 1. The van der Waals surface area contributed by atoms with E-state index >= 15 is 0 Å². The molecule has 132 valence electrons. The van der Waals surface area contributed by atoms with Gasteiger partial charge in [0.15, 0.2) is 0 Å². The van der Waals surface area contributed by atoms with E-state index in [1.54, 1.807) is 17.9 Å². The van der Waals surface area contributed by atoms with E-state index in [9.17, 15) is 9.59 Å². The second-order valence-corrected chi connectivity index (χ2v) is 7.07. The zero-order valence-corrected chi connectivity index (χ0v) is 15.0. The van der Waals surface area contributed by atoms with Gasteiger partial charge in [0, 0.05) is 19.0 Å². The van der Waals surface area contributed by atoms with Crippen molar-refractivity contribution in [3.05, 3.63) is 35.4 Å². The number of ether oxygens (including phenoxy) is 2. The molecule has 0 bridgehead atoms. The number of piperidine rings is 1. The molecule has 0 unspecified atom stereocenters. The van der Waals surface area contributed by atoms with Crippen LogP contribution in [0.5, 0.6) is 0 Å². The molecule has 24 heavy (non-hydrogen) atoms. The maximum atomic E-state index is 12.3.